The zero-order chi connectivity index (χ0) is 27.3. The van der Waals surface area contributed by atoms with Crippen molar-refractivity contribution in [2.45, 2.75) is 12.6 Å². The Labute approximate surface area is 214 Å². The van der Waals surface area contributed by atoms with Gasteiger partial charge in [-0.2, -0.15) is 13.2 Å². The Morgan fingerprint density at radius 3 is 2.50 bits per heavy atom. The molecule has 38 heavy (non-hydrogen) atoms. The van der Waals surface area contributed by atoms with Crippen LogP contribution in [0.3, 0.4) is 0 Å². The molecule has 0 unspecified atom stereocenters. The summed E-state index contributed by atoms with van der Waals surface area (Å²) < 4.78 is 51.7. The number of morpholine rings is 1. The molecule has 12 heteroatoms. The van der Waals surface area contributed by atoms with Gasteiger partial charge in [-0.3, -0.25) is 9.78 Å². The van der Waals surface area contributed by atoms with Crippen molar-refractivity contribution in [2.24, 2.45) is 0 Å². The van der Waals surface area contributed by atoms with Gasteiger partial charge in [0.25, 0.3) is 5.91 Å². The molecule has 0 spiro atoms. The summed E-state index contributed by atoms with van der Waals surface area (Å²) in [6.45, 7) is 3.52. The molecule has 0 bridgehead atoms. The van der Waals surface area contributed by atoms with Crippen molar-refractivity contribution >= 4 is 29.7 Å². The van der Waals surface area contributed by atoms with Gasteiger partial charge in [0, 0.05) is 60.5 Å². The SMILES string of the molecule is O=C(O)C(F)(F)F.O=C1NCCc2[nH]c(-c3ccnc(C=Cc4ccc(N5CCOCC5)cc4F)c3)cc21. The molecule has 0 atom stereocenters. The van der Waals surface area contributed by atoms with Crippen LogP contribution in [0.4, 0.5) is 23.2 Å². The molecule has 1 saturated heterocycles. The summed E-state index contributed by atoms with van der Waals surface area (Å²) in [6.07, 6.45) is 0.953. The number of nitrogens with zero attached hydrogens (tertiary/aromatic N) is 2. The Balaban J connectivity index is 0.000000426. The quantitative estimate of drug-likeness (QED) is 0.436. The fraction of sp³-hybridized carbons (Fsp3) is 0.269. The van der Waals surface area contributed by atoms with Gasteiger partial charge in [-0.25, -0.2) is 9.18 Å². The number of carboxylic acid groups (broad SMARTS) is 1. The van der Waals surface area contributed by atoms with E-state index in [9.17, 15) is 22.4 Å². The van der Waals surface area contributed by atoms with E-state index >= 15 is 0 Å². The number of amides is 1. The number of carboxylic acids is 1. The summed E-state index contributed by atoms with van der Waals surface area (Å²) in [7, 11) is 0. The number of carbonyl (C=O) groups excluding carboxylic acids is 1. The first-order valence-corrected chi connectivity index (χ1v) is 11.7. The lowest BCUT2D eigenvalue weighted by atomic mass is 10.1. The normalized spacial score (nSPS) is 15.5. The molecule has 4 heterocycles. The zero-order valence-corrected chi connectivity index (χ0v) is 20.0. The highest BCUT2D eigenvalue weighted by Crippen LogP contribution is 2.25. The Kier molecular flexibility index (Phi) is 8.10. The van der Waals surface area contributed by atoms with E-state index in [2.05, 4.69) is 20.2 Å². The maximum Gasteiger partial charge on any atom is 0.490 e. The van der Waals surface area contributed by atoms with Crippen LogP contribution >= 0.6 is 0 Å². The minimum Gasteiger partial charge on any atom is -0.475 e. The van der Waals surface area contributed by atoms with Crippen molar-refractivity contribution in [1.82, 2.24) is 15.3 Å². The van der Waals surface area contributed by atoms with Crippen LogP contribution in [0.2, 0.25) is 0 Å². The molecule has 0 radical (unpaired) electrons. The van der Waals surface area contributed by atoms with E-state index in [4.69, 9.17) is 14.6 Å². The molecule has 1 aromatic carbocycles. The number of hydrogen-bond acceptors (Lipinski definition) is 5. The first-order valence-electron chi connectivity index (χ1n) is 11.7. The maximum absolute atomic E-state index is 14.6. The summed E-state index contributed by atoms with van der Waals surface area (Å²) in [5.41, 5.74) is 5.55. The van der Waals surface area contributed by atoms with E-state index < -0.39 is 12.1 Å². The van der Waals surface area contributed by atoms with Crippen molar-refractivity contribution in [3.63, 3.8) is 0 Å². The summed E-state index contributed by atoms with van der Waals surface area (Å²) in [4.78, 5) is 30.8. The molecule has 2 aliphatic heterocycles. The number of hydrogen-bond donors (Lipinski definition) is 3. The van der Waals surface area contributed by atoms with Gasteiger partial charge in [-0.15, -0.1) is 0 Å². The van der Waals surface area contributed by atoms with E-state index in [1.807, 2.05) is 24.3 Å². The van der Waals surface area contributed by atoms with Gasteiger partial charge in [-0.05, 0) is 48.6 Å². The minimum atomic E-state index is -5.08. The van der Waals surface area contributed by atoms with Crippen molar-refractivity contribution in [3.8, 4) is 11.3 Å². The number of ether oxygens (including phenoxy) is 1. The predicted molar refractivity (Wildman–Crippen MR) is 132 cm³/mol. The first kappa shape index (κ1) is 26.9. The average molecular weight is 532 g/mol. The van der Waals surface area contributed by atoms with E-state index in [1.165, 1.54) is 0 Å². The number of aromatic nitrogens is 2. The molecular formula is C26H24F4N4O4. The monoisotopic (exact) mass is 532 g/mol. The van der Waals surface area contributed by atoms with Crippen molar-refractivity contribution in [3.05, 3.63) is 70.9 Å². The largest absolute Gasteiger partial charge is 0.490 e. The Morgan fingerprint density at radius 2 is 1.84 bits per heavy atom. The summed E-state index contributed by atoms with van der Waals surface area (Å²) in [5.74, 6) is -3.07. The number of carbonyl (C=O) groups is 2. The third kappa shape index (κ3) is 6.57. The number of nitrogens with one attached hydrogen (secondary N) is 2. The van der Waals surface area contributed by atoms with Gasteiger partial charge in [0.15, 0.2) is 0 Å². The third-order valence-corrected chi connectivity index (χ3v) is 5.93. The Hall–Kier alpha value is -4.19. The van der Waals surface area contributed by atoms with Crippen LogP contribution in [0.15, 0.2) is 42.6 Å². The first-order chi connectivity index (χ1) is 18.1. The van der Waals surface area contributed by atoms with Crippen LogP contribution in [0.5, 0.6) is 0 Å². The number of rotatable bonds is 4. The van der Waals surface area contributed by atoms with Crippen LogP contribution in [-0.4, -0.2) is 66.0 Å². The number of halogens is 4. The Bertz CT molecular complexity index is 1350. The number of pyridine rings is 1. The number of aromatic amines is 1. The molecular weight excluding hydrogens is 508 g/mol. The topological polar surface area (TPSA) is 108 Å². The number of H-pyrrole nitrogens is 1. The lowest BCUT2D eigenvalue weighted by Gasteiger charge is -2.28. The van der Waals surface area contributed by atoms with E-state index in [0.717, 1.165) is 42.1 Å². The van der Waals surface area contributed by atoms with Crippen molar-refractivity contribution in [2.75, 3.05) is 37.7 Å². The van der Waals surface area contributed by atoms with E-state index in [0.29, 0.717) is 36.6 Å². The average Bonchev–Trinajstić information content (AvgIpc) is 3.34. The van der Waals surface area contributed by atoms with Crippen LogP contribution < -0.4 is 10.2 Å². The van der Waals surface area contributed by atoms with Gasteiger partial charge >= 0.3 is 12.1 Å². The second-order valence-corrected chi connectivity index (χ2v) is 8.49. The maximum atomic E-state index is 14.6. The number of aliphatic carboxylic acids is 1. The predicted octanol–water partition coefficient (Wildman–Crippen LogP) is 4.14. The molecule has 3 N–H and O–H groups in total. The minimum absolute atomic E-state index is 0.0473. The highest BCUT2D eigenvalue weighted by molar-refractivity contribution is 5.97. The molecule has 0 aliphatic carbocycles. The molecule has 3 aromatic rings. The number of benzene rings is 1. The molecule has 5 rings (SSSR count). The second-order valence-electron chi connectivity index (χ2n) is 8.49. The lowest BCUT2D eigenvalue weighted by molar-refractivity contribution is -0.192. The summed E-state index contributed by atoms with van der Waals surface area (Å²) >= 11 is 0. The van der Waals surface area contributed by atoms with Crippen molar-refractivity contribution in [1.29, 1.82) is 0 Å². The fourth-order valence-electron chi connectivity index (χ4n) is 4.00. The molecule has 200 valence electrons. The van der Waals surface area contributed by atoms with Gasteiger partial charge in [0.1, 0.15) is 5.82 Å². The number of fused-ring (bicyclic) bond motifs is 1. The van der Waals surface area contributed by atoms with Gasteiger partial charge in [-0.1, -0.05) is 0 Å². The van der Waals surface area contributed by atoms with Crippen LogP contribution in [0.25, 0.3) is 23.4 Å². The Morgan fingerprint density at radius 1 is 1.11 bits per heavy atom. The highest BCUT2D eigenvalue weighted by atomic mass is 19.4. The third-order valence-electron chi connectivity index (χ3n) is 5.93. The highest BCUT2D eigenvalue weighted by Gasteiger charge is 2.38. The van der Waals surface area contributed by atoms with Gasteiger partial charge in [0.05, 0.1) is 24.5 Å². The summed E-state index contributed by atoms with van der Waals surface area (Å²) in [5, 5.41) is 9.98. The molecule has 2 aliphatic rings. The van der Waals surface area contributed by atoms with Crippen LogP contribution in [0, 0.1) is 5.82 Å². The van der Waals surface area contributed by atoms with Crippen LogP contribution in [-0.2, 0) is 16.0 Å². The molecule has 2 aromatic heterocycles. The smallest absolute Gasteiger partial charge is 0.475 e. The summed E-state index contributed by atoms with van der Waals surface area (Å²) in [6, 6.07) is 11.0. The van der Waals surface area contributed by atoms with E-state index in [-0.39, 0.29) is 11.7 Å². The molecule has 0 saturated carbocycles. The standard InChI is InChI=1S/C24H23FN4O2.C2HF3O2/c25-21-14-19(29-9-11-31-12-10-29)4-2-16(21)1-3-18-13-17(5-7-26-18)23-15-20-22(28-23)6-8-27-24(20)30;3-2(4,5)1(6)7/h1-5,7,13-15,28H,6,8-12H2,(H,27,30);(H,6,7). The number of alkyl halides is 3. The van der Waals surface area contributed by atoms with Gasteiger partial charge < -0.3 is 25.0 Å². The fourth-order valence-corrected chi connectivity index (χ4v) is 4.00. The van der Waals surface area contributed by atoms with Crippen molar-refractivity contribution < 1.29 is 37.0 Å². The molecule has 8 nitrogen and oxygen atoms in total. The number of anilines is 1. The lowest BCUT2D eigenvalue weighted by Crippen LogP contribution is -2.36. The molecule has 1 fully saturated rings. The van der Waals surface area contributed by atoms with Crippen LogP contribution in [0.1, 0.15) is 27.3 Å². The van der Waals surface area contributed by atoms with Gasteiger partial charge in [0.2, 0.25) is 0 Å². The second kappa shape index (κ2) is 11.5. The molecule has 1 amide bonds. The zero-order valence-electron chi connectivity index (χ0n) is 20.0. The van der Waals surface area contributed by atoms with E-state index in [1.54, 1.807) is 30.5 Å².